The summed E-state index contributed by atoms with van der Waals surface area (Å²) in [7, 11) is 0. The van der Waals surface area contributed by atoms with E-state index in [1.807, 2.05) is 6.07 Å². The van der Waals surface area contributed by atoms with E-state index >= 15 is 0 Å². The maximum absolute atomic E-state index is 5.71. The monoisotopic (exact) mass is 313 g/mol. The van der Waals surface area contributed by atoms with Crippen LogP contribution in [0.4, 0.5) is 0 Å². The Bertz CT molecular complexity index is 396. The zero-order valence-corrected chi connectivity index (χ0v) is 12.2. The third-order valence-corrected chi connectivity index (χ3v) is 3.81. The molecule has 2 rings (SSSR count). The van der Waals surface area contributed by atoms with Gasteiger partial charge >= 0.3 is 0 Å². The van der Waals surface area contributed by atoms with Crippen LogP contribution in [-0.2, 0) is 6.42 Å². The van der Waals surface area contributed by atoms with Gasteiger partial charge in [0.05, 0.1) is 13.2 Å². The Morgan fingerprint density at radius 3 is 2.50 bits per heavy atom. The Morgan fingerprint density at radius 1 is 1.06 bits per heavy atom. The Hall–Kier alpha value is -0.740. The van der Waals surface area contributed by atoms with Gasteiger partial charge in [0.25, 0.3) is 0 Å². The summed E-state index contributed by atoms with van der Waals surface area (Å²) in [4.78, 5) is 0. The van der Waals surface area contributed by atoms with Crippen molar-refractivity contribution in [1.82, 2.24) is 0 Å². The number of halogens is 1. The van der Waals surface area contributed by atoms with E-state index in [-0.39, 0.29) is 0 Å². The summed E-state index contributed by atoms with van der Waals surface area (Å²) >= 11 is 3.61. The van der Waals surface area contributed by atoms with Crippen LogP contribution in [0.5, 0.6) is 11.5 Å². The molecule has 3 nitrogen and oxygen atoms in total. The molecule has 1 aliphatic heterocycles. The molecule has 0 aliphatic carbocycles. The van der Waals surface area contributed by atoms with Crippen LogP contribution in [0.25, 0.3) is 0 Å². The van der Waals surface area contributed by atoms with Crippen LogP contribution in [0.15, 0.2) is 16.6 Å². The number of aryl methyl sites for hydroxylation is 1. The first-order valence-corrected chi connectivity index (χ1v) is 7.38. The minimum absolute atomic E-state index is 0.731. The molecule has 0 bridgehead atoms. The van der Waals surface area contributed by atoms with Crippen LogP contribution >= 0.6 is 15.9 Å². The molecule has 18 heavy (non-hydrogen) atoms. The van der Waals surface area contributed by atoms with Gasteiger partial charge in [0.15, 0.2) is 11.5 Å². The average molecular weight is 314 g/mol. The van der Waals surface area contributed by atoms with Crippen LogP contribution in [0.1, 0.15) is 31.2 Å². The first kappa shape index (κ1) is 13.7. The molecule has 2 N–H and O–H groups in total. The molecule has 0 atom stereocenters. The number of hydrogen-bond acceptors (Lipinski definition) is 3. The second kappa shape index (κ2) is 7.00. The molecule has 0 unspecified atom stereocenters. The number of benzene rings is 1. The Labute approximate surface area is 117 Å². The van der Waals surface area contributed by atoms with Gasteiger partial charge in [0.1, 0.15) is 0 Å². The van der Waals surface area contributed by atoms with E-state index in [1.165, 1.54) is 12.0 Å². The molecule has 0 amide bonds. The highest BCUT2D eigenvalue weighted by atomic mass is 79.9. The Balaban J connectivity index is 2.04. The number of ether oxygens (including phenoxy) is 2. The van der Waals surface area contributed by atoms with E-state index in [2.05, 4.69) is 22.0 Å². The number of fused-ring (bicyclic) bond motifs is 1. The van der Waals surface area contributed by atoms with Crippen molar-refractivity contribution in [3.63, 3.8) is 0 Å². The molecule has 100 valence electrons. The maximum atomic E-state index is 5.71. The lowest BCUT2D eigenvalue weighted by Crippen LogP contribution is -1.99. The summed E-state index contributed by atoms with van der Waals surface area (Å²) in [5.74, 6) is 1.73. The van der Waals surface area contributed by atoms with E-state index in [0.29, 0.717) is 0 Å². The largest absolute Gasteiger partial charge is 0.490 e. The minimum atomic E-state index is 0.731. The summed E-state index contributed by atoms with van der Waals surface area (Å²) in [6.45, 7) is 2.25. The van der Waals surface area contributed by atoms with Crippen LogP contribution in [0.2, 0.25) is 0 Å². The first-order chi connectivity index (χ1) is 8.81. The van der Waals surface area contributed by atoms with E-state index in [4.69, 9.17) is 15.2 Å². The van der Waals surface area contributed by atoms with Gasteiger partial charge in [-0.1, -0.05) is 22.4 Å². The fourth-order valence-electron chi connectivity index (χ4n) is 2.05. The maximum Gasteiger partial charge on any atom is 0.162 e. The van der Waals surface area contributed by atoms with Gasteiger partial charge in [0, 0.05) is 10.9 Å². The zero-order chi connectivity index (χ0) is 12.8. The van der Waals surface area contributed by atoms with E-state index < -0.39 is 0 Å². The number of hydrogen-bond donors (Lipinski definition) is 1. The quantitative estimate of drug-likeness (QED) is 0.848. The summed E-state index contributed by atoms with van der Waals surface area (Å²) < 4.78 is 12.5. The van der Waals surface area contributed by atoms with Crippen molar-refractivity contribution >= 4 is 15.9 Å². The van der Waals surface area contributed by atoms with Crippen LogP contribution in [0, 0.1) is 0 Å². The number of nitrogens with two attached hydrogens (primary N) is 1. The summed E-state index contributed by atoms with van der Waals surface area (Å²) in [5, 5.41) is 0. The van der Waals surface area contributed by atoms with E-state index in [1.54, 1.807) is 0 Å². The Morgan fingerprint density at radius 2 is 1.78 bits per heavy atom. The molecule has 1 aliphatic rings. The van der Waals surface area contributed by atoms with Gasteiger partial charge in [0.2, 0.25) is 0 Å². The second-order valence-corrected chi connectivity index (χ2v) is 5.39. The molecule has 0 saturated carbocycles. The smallest absolute Gasteiger partial charge is 0.162 e. The third kappa shape index (κ3) is 3.62. The van der Waals surface area contributed by atoms with Crippen LogP contribution in [0.3, 0.4) is 0 Å². The van der Waals surface area contributed by atoms with Crippen LogP contribution in [-0.4, -0.2) is 19.8 Å². The lowest BCUT2D eigenvalue weighted by Gasteiger charge is -2.11. The van der Waals surface area contributed by atoms with Crippen molar-refractivity contribution in [2.24, 2.45) is 5.73 Å². The predicted molar refractivity (Wildman–Crippen MR) is 76.4 cm³/mol. The minimum Gasteiger partial charge on any atom is -0.490 e. The van der Waals surface area contributed by atoms with Crippen molar-refractivity contribution in [1.29, 1.82) is 0 Å². The van der Waals surface area contributed by atoms with Crippen molar-refractivity contribution in [2.75, 3.05) is 19.8 Å². The SMILES string of the molecule is NCCCCCc1cc2c(cc1Br)OCCCO2. The van der Waals surface area contributed by atoms with Crippen molar-refractivity contribution in [2.45, 2.75) is 32.1 Å². The van der Waals surface area contributed by atoms with Crippen LogP contribution < -0.4 is 15.2 Å². The van der Waals surface area contributed by atoms with Gasteiger partial charge in [-0.15, -0.1) is 0 Å². The Kier molecular flexibility index (Phi) is 5.32. The van der Waals surface area contributed by atoms with Gasteiger partial charge < -0.3 is 15.2 Å². The molecule has 0 aromatic heterocycles. The predicted octanol–water partition coefficient (Wildman–Crippen LogP) is 3.28. The van der Waals surface area contributed by atoms with Gasteiger partial charge in [-0.3, -0.25) is 0 Å². The summed E-state index contributed by atoms with van der Waals surface area (Å²) in [6, 6.07) is 4.13. The summed E-state index contributed by atoms with van der Waals surface area (Å²) in [6.07, 6.45) is 5.43. The van der Waals surface area contributed by atoms with E-state index in [9.17, 15) is 0 Å². The molecule has 0 saturated heterocycles. The molecule has 4 heteroatoms. The third-order valence-electron chi connectivity index (χ3n) is 3.07. The molecular weight excluding hydrogens is 294 g/mol. The lowest BCUT2D eigenvalue weighted by atomic mass is 10.1. The van der Waals surface area contributed by atoms with Crippen molar-refractivity contribution in [3.8, 4) is 11.5 Å². The molecule has 1 aromatic rings. The highest BCUT2D eigenvalue weighted by Crippen LogP contribution is 2.35. The number of unbranched alkanes of at least 4 members (excludes halogenated alkanes) is 2. The summed E-state index contributed by atoms with van der Waals surface area (Å²) in [5.41, 5.74) is 6.79. The van der Waals surface area contributed by atoms with Gasteiger partial charge in [-0.05, 0) is 43.5 Å². The zero-order valence-electron chi connectivity index (χ0n) is 10.6. The van der Waals surface area contributed by atoms with Crippen molar-refractivity contribution in [3.05, 3.63) is 22.2 Å². The van der Waals surface area contributed by atoms with Crippen molar-refractivity contribution < 1.29 is 9.47 Å². The number of rotatable bonds is 5. The highest BCUT2D eigenvalue weighted by molar-refractivity contribution is 9.10. The fraction of sp³-hybridized carbons (Fsp3) is 0.571. The molecule has 0 fully saturated rings. The molecule has 1 heterocycles. The van der Waals surface area contributed by atoms with Gasteiger partial charge in [-0.2, -0.15) is 0 Å². The lowest BCUT2D eigenvalue weighted by molar-refractivity contribution is 0.297. The average Bonchev–Trinajstić information content (AvgIpc) is 2.59. The normalized spacial score (nSPS) is 14.3. The topological polar surface area (TPSA) is 44.5 Å². The molecule has 0 spiro atoms. The first-order valence-electron chi connectivity index (χ1n) is 6.59. The molecule has 0 radical (unpaired) electrons. The fourth-order valence-corrected chi connectivity index (χ4v) is 2.57. The second-order valence-electron chi connectivity index (χ2n) is 4.54. The molecular formula is C14H20BrNO2. The van der Waals surface area contributed by atoms with Gasteiger partial charge in [-0.25, -0.2) is 0 Å². The highest BCUT2D eigenvalue weighted by Gasteiger charge is 2.13. The standard InChI is InChI=1S/C14H20BrNO2/c15-12-10-14-13(17-7-4-8-18-14)9-11(12)5-2-1-3-6-16/h9-10H,1-8,16H2. The molecule has 1 aromatic carbocycles. The van der Waals surface area contributed by atoms with E-state index in [0.717, 1.165) is 61.4 Å².